The van der Waals surface area contributed by atoms with Gasteiger partial charge in [0.2, 0.25) is 0 Å². The molecular weight excluding hydrogens is 762 g/mol. The fourth-order valence-electron chi connectivity index (χ4n) is 6.88. The van der Waals surface area contributed by atoms with E-state index in [0.29, 0.717) is 6.42 Å². The van der Waals surface area contributed by atoms with Crippen molar-refractivity contribution in [3.05, 3.63) is 36.5 Å². The van der Waals surface area contributed by atoms with Gasteiger partial charge in [-0.15, -0.1) is 0 Å². The highest BCUT2D eigenvalue weighted by molar-refractivity contribution is 7.47. The highest BCUT2D eigenvalue weighted by atomic mass is 31.2. The molecule has 0 saturated carbocycles. The van der Waals surface area contributed by atoms with Crippen molar-refractivity contribution in [3.8, 4) is 0 Å². The van der Waals surface area contributed by atoms with Crippen LogP contribution in [0, 0.1) is 0 Å². The summed E-state index contributed by atoms with van der Waals surface area (Å²) in [4.78, 5) is 35.0. The zero-order valence-electron chi connectivity index (χ0n) is 38.2. The van der Waals surface area contributed by atoms with E-state index in [1.807, 2.05) is 0 Å². The maximum Gasteiger partial charge on any atom is 0.472 e. The summed E-state index contributed by atoms with van der Waals surface area (Å²) in [5.41, 5.74) is 5.36. The molecule has 0 aromatic carbocycles. The zero-order chi connectivity index (χ0) is 43.2. The summed E-state index contributed by atoms with van der Waals surface area (Å²) in [5.74, 6) is -0.845. The van der Waals surface area contributed by atoms with Gasteiger partial charge >= 0.3 is 19.8 Å². The Morgan fingerprint density at radius 3 is 1.34 bits per heavy atom. The lowest BCUT2D eigenvalue weighted by Gasteiger charge is -2.19. The van der Waals surface area contributed by atoms with Crippen LogP contribution in [0.5, 0.6) is 0 Å². The first-order valence-corrected chi connectivity index (χ1v) is 26.0. The van der Waals surface area contributed by atoms with Gasteiger partial charge in [-0.05, 0) is 51.4 Å². The van der Waals surface area contributed by atoms with E-state index >= 15 is 0 Å². The minimum atomic E-state index is -4.38. The van der Waals surface area contributed by atoms with Gasteiger partial charge in [0.25, 0.3) is 0 Å². The Hall–Kier alpha value is -1.77. The molecule has 0 aromatic heterocycles. The van der Waals surface area contributed by atoms with Crippen LogP contribution in [-0.2, 0) is 32.7 Å². The molecule has 0 spiro atoms. The van der Waals surface area contributed by atoms with Crippen LogP contribution in [0.15, 0.2) is 36.5 Å². The van der Waals surface area contributed by atoms with Gasteiger partial charge < -0.3 is 20.1 Å². The molecule has 10 heteroatoms. The number of esters is 2. The van der Waals surface area contributed by atoms with Gasteiger partial charge in [0, 0.05) is 19.4 Å². The van der Waals surface area contributed by atoms with Crippen molar-refractivity contribution in [2.24, 2.45) is 5.73 Å². The molecule has 2 atom stereocenters. The minimum Gasteiger partial charge on any atom is -0.462 e. The quantitative estimate of drug-likeness (QED) is 0.0265. The molecule has 59 heavy (non-hydrogen) atoms. The summed E-state index contributed by atoms with van der Waals surface area (Å²) >= 11 is 0. The molecule has 0 aliphatic carbocycles. The number of hydrogen-bond acceptors (Lipinski definition) is 8. The van der Waals surface area contributed by atoms with E-state index in [1.54, 1.807) is 0 Å². The van der Waals surface area contributed by atoms with E-state index in [2.05, 4.69) is 50.3 Å². The summed E-state index contributed by atoms with van der Waals surface area (Å²) in [5, 5.41) is 0. The first-order chi connectivity index (χ1) is 28.8. The van der Waals surface area contributed by atoms with Gasteiger partial charge in [0.05, 0.1) is 13.2 Å². The predicted molar refractivity (Wildman–Crippen MR) is 247 cm³/mol. The van der Waals surface area contributed by atoms with Gasteiger partial charge in [-0.25, -0.2) is 4.57 Å². The SMILES string of the molecule is CCCCC/C=C\C/C=C\C/C=C\CCCCCCC(=O)O[C@H](COC(=O)CCCCCCCCCCCCCCCCCCCCCCC)COP(=O)(O)OCCN. The van der Waals surface area contributed by atoms with E-state index in [9.17, 15) is 19.0 Å². The highest BCUT2D eigenvalue weighted by Gasteiger charge is 2.26. The Morgan fingerprint density at radius 1 is 0.508 bits per heavy atom. The van der Waals surface area contributed by atoms with E-state index in [1.165, 1.54) is 141 Å². The van der Waals surface area contributed by atoms with Crippen LogP contribution in [0.2, 0.25) is 0 Å². The fourth-order valence-corrected chi connectivity index (χ4v) is 7.64. The lowest BCUT2D eigenvalue weighted by molar-refractivity contribution is -0.161. The fraction of sp³-hybridized carbons (Fsp3) is 0.837. The predicted octanol–water partition coefficient (Wildman–Crippen LogP) is 14.5. The molecule has 0 radical (unpaired) electrons. The lowest BCUT2D eigenvalue weighted by Crippen LogP contribution is -2.29. The Labute approximate surface area is 363 Å². The molecule has 0 saturated heterocycles. The van der Waals surface area contributed by atoms with Gasteiger partial charge in [-0.3, -0.25) is 18.6 Å². The third-order valence-electron chi connectivity index (χ3n) is 10.5. The van der Waals surface area contributed by atoms with Gasteiger partial charge in [-0.2, -0.15) is 0 Å². The third-order valence-corrected chi connectivity index (χ3v) is 11.5. The normalized spacial score (nSPS) is 13.5. The van der Waals surface area contributed by atoms with Crippen LogP contribution in [0.1, 0.15) is 232 Å². The molecule has 0 aliphatic rings. The van der Waals surface area contributed by atoms with Crippen molar-refractivity contribution < 1.29 is 37.6 Å². The molecule has 0 amide bonds. The number of carbonyl (C=O) groups excluding carboxylic acids is 2. The maximum absolute atomic E-state index is 12.6. The van der Waals surface area contributed by atoms with Crippen LogP contribution < -0.4 is 5.73 Å². The minimum absolute atomic E-state index is 0.0501. The lowest BCUT2D eigenvalue weighted by atomic mass is 10.0. The zero-order valence-corrected chi connectivity index (χ0v) is 39.1. The first-order valence-electron chi connectivity index (χ1n) is 24.5. The molecule has 0 aliphatic heterocycles. The van der Waals surface area contributed by atoms with E-state index < -0.39 is 26.5 Å². The van der Waals surface area contributed by atoms with Gasteiger partial charge in [0.15, 0.2) is 6.10 Å². The second-order valence-electron chi connectivity index (χ2n) is 16.3. The van der Waals surface area contributed by atoms with Crippen LogP contribution in [-0.4, -0.2) is 49.3 Å². The van der Waals surface area contributed by atoms with Crippen LogP contribution in [0.4, 0.5) is 0 Å². The summed E-state index contributed by atoms with van der Waals surface area (Å²) in [6.45, 7) is 3.71. The molecule has 0 aromatic rings. The summed E-state index contributed by atoms with van der Waals surface area (Å²) in [7, 11) is -4.38. The number of carbonyl (C=O) groups is 2. The smallest absolute Gasteiger partial charge is 0.462 e. The topological polar surface area (TPSA) is 134 Å². The largest absolute Gasteiger partial charge is 0.472 e. The van der Waals surface area contributed by atoms with Crippen molar-refractivity contribution in [2.75, 3.05) is 26.4 Å². The van der Waals surface area contributed by atoms with Gasteiger partial charge in [-0.1, -0.05) is 204 Å². The van der Waals surface area contributed by atoms with Crippen LogP contribution >= 0.6 is 7.82 Å². The number of nitrogens with two attached hydrogens (primary N) is 1. The number of rotatable bonds is 46. The van der Waals surface area contributed by atoms with E-state index in [0.717, 1.165) is 57.8 Å². The number of ether oxygens (including phenoxy) is 2. The Morgan fingerprint density at radius 2 is 0.881 bits per heavy atom. The van der Waals surface area contributed by atoms with Crippen molar-refractivity contribution in [1.29, 1.82) is 0 Å². The molecular formula is C49H92NO8P. The van der Waals surface area contributed by atoms with Crippen LogP contribution in [0.3, 0.4) is 0 Å². The number of phosphoric ester groups is 1. The number of allylic oxidation sites excluding steroid dienone is 6. The number of hydrogen-bond donors (Lipinski definition) is 2. The van der Waals surface area contributed by atoms with Crippen molar-refractivity contribution in [2.45, 2.75) is 238 Å². The highest BCUT2D eigenvalue weighted by Crippen LogP contribution is 2.43. The monoisotopic (exact) mass is 854 g/mol. The molecule has 9 nitrogen and oxygen atoms in total. The number of unbranched alkanes of at least 4 members (excludes halogenated alkanes) is 27. The first kappa shape index (κ1) is 57.2. The Kier molecular flexibility index (Phi) is 44.4. The Bertz CT molecular complexity index is 1060. The molecule has 346 valence electrons. The standard InChI is InChI=1S/C49H92NO8P/c1-3-5-7-9-11-13-15-17-19-21-22-23-24-26-27-29-31-33-35-37-39-41-48(51)55-45-47(46-57-59(53,54)56-44-43-50)58-49(52)42-40-38-36-34-32-30-28-25-20-18-16-14-12-10-8-6-4-2/h12,14,18,20,28,30,47H,3-11,13,15-17,19,21-27,29,31-46,50H2,1-2H3,(H,53,54)/b14-12-,20-18-,30-28-/t47-/m1/s1. The average Bonchev–Trinajstić information content (AvgIpc) is 3.22. The molecule has 0 rings (SSSR count). The second kappa shape index (κ2) is 45.7. The van der Waals surface area contributed by atoms with E-state index in [-0.39, 0.29) is 38.6 Å². The summed E-state index contributed by atoms with van der Waals surface area (Å²) < 4.78 is 32.9. The molecule has 3 N–H and O–H groups in total. The summed E-state index contributed by atoms with van der Waals surface area (Å²) in [6, 6.07) is 0. The number of phosphoric acid groups is 1. The second-order valence-corrected chi connectivity index (χ2v) is 17.8. The molecule has 0 heterocycles. The van der Waals surface area contributed by atoms with Crippen molar-refractivity contribution in [3.63, 3.8) is 0 Å². The van der Waals surface area contributed by atoms with Crippen molar-refractivity contribution >= 4 is 19.8 Å². The van der Waals surface area contributed by atoms with Crippen molar-refractivity contribution in [1.82, 2.24) is 0 Å². The molecule has 0 fully saturated rings. The van der Waals surface area contributed by atoms with E-state index in [4.69, 9.17) is 24.3 Å². The van der Waals surface area contributed by atoms with Crippen LogP contribution in [0.25, 0.3) is 0 Å². The molecule has 0 bridgehead atoms. The Balaban J connectivity index is 4.07. The van der Waals surface area contributed by atoms with Gasteiger partial charge in [0.1, 0.15) is 6.61 Å². The third kappa shape index (κ3) is 45.6. The summed E-state index contributed by atoms with van der Waals surface area (Å²) in [6.07, 6.45) is 51.8. The average molecular weight is 854 g/mol. The molecule has 1 unspecified atom stereocenters. The maximum atomic E-state index is 12.6.